The van der Waals surface area contributed by atoms with E-state index in [-0.39, 0.29) is 5.91 Å². The normalized spacial score (nSPS) is 14.7. The Hall–Kier alpha value is -0.720. The Morgan fingerprint density at radius 3 is 2.42 bits per heavy atom. The zero-order valence-electron chi connectivity index (χ0n) is 14.7. The second kappa shape index (κ2) is 13.6. The number of nitrogens with one attached hydrogen (secondary N) is 1. The molecule has 0 aliphatic heterocycles. The summed E-state index contributed by atoms with van der Waals surface area (Å²) < 4.78 is 15.3. The lowest BCUT2D eigenvalue weighted by molar-refractivity contribution is -0.123. The van der Waals surface area contributed by atoms with Gasteiger partial charge in [-0.3, -0.25) is 9.32 Å². The molecule has 0 aliphatic rings. The van der Waals surface area contributed by atoms with Crippen LogP contribution in [0.1, 0.15) is 65.2 Å². The third kappa shape index (κ3) is 13.7. The van der Waals surface area contributed by atoms with Gasteiger partial charge in [-0.15, -0.1) is 0 Å². The van der Waals surface area contributed by atoms with Crippen LogP contribution in [0.2, 0.25) is 0 Å². The maximum absolute atomic E-state index is 11.9. The molecule has 7 nitrogen and oxygen atoms in total. The van der Waals surface area contributed by atoms with Crippen LogP contribution in [-0.2, 0) is 13.9 Å². The standard InChI is InChI=1S/C16H32NO6P/c1-3-5-7-8-10-12-16(19)17-14(13-23-24(20,21)22)15(18)11-9-6-4-2/h9,11,14-15,18H,3-8,10,12-13H2,1-2H3,(H,17,19)(H2,20,21,22)/b11-9-/t14-,15+/m1/s1. The number of carbonyl (C=O) groups excluding carboxylic acids is 1. The summed E-state index contributed by atoms with van der Waals surface area (Å²) in [6, 6.07) is -0.895. The third-order valence-corrected chi connectivity index (χ3v) is 3.96. The van der Waals surface area contributed by atoms with Gasteiger partial charge in [-0.25, -0.2) is 4.57 Å². The van der Waals surface area contributed by atoms with Crippen LogP contribution in [-0.4, -0.2) is 39.6 Å². The Morgan fingerprint density at radius 2 is 1.83 bits per heavy atom. The van der Waals surface area contributed by atoms with E-state index in [2.05, 4.69) is 16.8 Å². The SMILES string of the molecule is CCC/C=C\[C@H](O)[C@@H](COP(=O)(O)O)NC(=O)CCCCCCC. The number of hydrogen-bond donors (Lipinski definition) is 4. The molecule has 0 fully saturated rings. The zero-order valence-corrected chi connectivity index (χ0v) is 15.6. The summed E-state index contributed by atoms with van der Waals surface area (Å²) in [5.74, 6) is -0.256. The molecule has 0 aliphatic carbocycles. The number of unbranched alkanes of at least 4 members (excludes halogenated alkanes) is 5. The minimum absolute atomic E-state index is 0.256. The van der Waals surface area contributed by atoms with E-state index in [9.17, 15) is 14.5 Å². The molecule has 0 saturated heterocycles. The molecule has 2 atom stereocenters. The van der Waals surface area contributed by atoms with Crippen molar-refractivity contribution in [2.75, 3.05) is 6.61 Å². The summed E-state index contributed by atoms with van der Waals surface area (Å²) in [5.41, 5.74) is 0. The Bertz CT molecular complexity index is 409. The maximum atomic E-state index is 11.9. The Kier molecular flexibility index (Phi) is 13.2. The summed E-state index contributed by atoms with van der Waals surface area (Å²) in [4.78, 5) is 29.5. The average Bonchev–Trinajstić information content (AvgIpc) is 2.50. The molecule has 142 valence electrons. The molecule has 0 rings (SSSR count). The largest absolute Gasteiger partial charge is 0.469 e. The Morgan fingerprint density at radius 1 is 1.17 bits per heavy atom. The topological polar surface area (TPSA) is 116 Å². The number of hydrogen-bond acceptors (Lipinski definition) is 4. The molecule has 0 heterocycles. The lowest BCUT2D eigenvalue weighted by atomic mass is 10.1. The Labute approximate surface area is 144 Å². The second-order valence-corrected chi connectivity index (χ2v) is 7.07. The molecule has 8 heteroatoms. The van der Waals surface area contributed by atoms with Crippen molar-refractivity contribution < 1.29 is 28.8 Å². The van der Waals surface area contributed by atoms with Gasteiger partial charge in [-0.05, 0) is 12.8 Å². The van der Waals surface area contributed by atoms with Gasteiger partial charge in [-0.1, -0.05) is 58.1 Å². The van der Waals surface area contributed by atoms with E-state index in [0.717, 1.165) is 44.9 Å². The lowest BCUT2D eigenvalue weighted by Gasteiger charge is -2.22. The summed E-state index contributed by atoms with van der Waals surface area (Å²) in [7, 11) is -4.65. The number of phosphoric ester groups is 1. The highest BCUT2D eigenvalue weighted by atomic mass is 31.2. The number of aliphatic hydroxyl groups is 1. The molecule has 0 saturated carbocycles. The van der Waals surface area contributed by atoms with Crippen molar-refractivity contribution >= 4 is 13.7 Å². The van der Waals surface area contributed by atoms with Crippen molar-refractivity contribution in [3.8, 4) is 0 Å². The molecule has 0 aromatic carbocycles. The summed E-state index contributed by atoms with van der Waals surface area (Å²) in [6.07, 6.45) is 9.29. The van der Waals surface area contributed by atoms with E-state index < -0.39 is 26.6 Å². The van der Waals surface area contributed by atoms with E-state index in [1.165, 1.54) is 6.08 Å². The van der Waals surface area contributed by atoms with Crippen LogP contribution in [0.15, 0.2) is 12.2 Å². The van der Waals surface area contributed by atoms with Crippen molar-refractivity contribution in [2.24, 2.45) is 0 Å². The first-order valence-electron chi connectivity index (χ1n) is 8.64. The van der Waals surface area contributed by atoms with Gasteiger partial charge >= 0.3 is 7.82 Å². The van der Waals surface area contributed by atoms with Gasteiger partial charge in [0.25, 0.3) is 0 Å². The highest BCUT2D eigenvalue weighted by molar-refractivity contribution is 7.46. The van der Waals surface area contributed by atoms with Gasteiger partial charge in [-0.2, -0.15) is 0 Å². The van der Waals surface area contributed by atoms with Crippen molar-refractivity contribution in [1.82, 2.24) is 5.32 Å². The molecule has 1 amide bonds. The third-order valence-electron chi connectivity index (χ3n) is 3.48. The van der Waals surface area contributed by atoms with Crippen molar-refractivity contribution in [1.29, 1.82) is 0 Å². The number of phosphoric acid groups is 1. The molecule has 0 spiro atoms. The van der Waals surface area contributed by atoms with Gasteiger partial charge in [0.1, 0.15) is 0 Å². The molecular formula is C16H32NO6P. The van der Waals surface area contributed by atoms with Crippen LogP contribution >= 0.6 is 7.82 Å². The fraction of sp³-hybridized carbons (Fsp3) is 0.812. The van der Waals surface area contributed by atoms with Gasteiger partial charge in [0.2, 0.25) is 5.91 Å². The van der Waals surface area contributed by atoms with Gasteiger partial charge < -0.3 is 20.2 Å². The molecular weight excluding hydrogens is 333 g/mol. The fourth-order valence-corrected chi connectivity index (χ4v) is 2.46. The van der Waals surface area contributed by atoms with E-state index >= 15 is 0 Å². The fourth-order valence-electron chi connectivity index (χ4n) is 2.11. The first kappa shape index (κ1) is 23.3. The monoisotopic (exact) mass is 365 g/mol. The second-order valence-electron chi connectivity index (χ2n) is 5.83. The van der Waals surface area contributed by atoms with Crippen LogP contribution in [0.5, 0.6) is 0 Å². The number of rotatable bonds is 14. The molecule has 0 aromatic heterocycles. The maximum Gasteiger partial charge on any atom is 0.469 e. The molecule has 0 bridgehead atoms. The quantitative estimate of drug-likeness (QED) is 0.214. The predicted molar refractivity (Wildman–Crippen MR) is 93.4 cm³/mol. The molecule has 0 unspecified atom stereocenters. The smallest absolute Gasteiger partial charge is 0.387 e. The van der Waals surface area contributed by atoms with Gasteiger partial charge in [0.05, 0.1) is 18.8 Å². The molecule has 0 radical (unpaired) electrons. The number of aliphatic hydroxyl groups excluding tert-OH is 1. The molecule has 4 N–H and O–H groups in total. The minimum Gasteiger partial charge on any atom is -0.387 e. The zero-order chi connectivity index (χ0) is 18.4. The first-order valence-corrected chi connectivity index (χ1v) is 10.2. The Balaban J connectivity index is 4.45. The highest BCUT2D eigenvalue weighted by Gasteiger charge is 2.24. The lowest BCUT2D eigenvalue weighted by Crippen LogP contribution is -2.45. The van der Waals surface area contributed by atoms with Crippen LogP contribution in [0.4, 0.5) is 0 Å². The first-order chi connectivity index (χ1) is 11.3. The molecule has 24 heavy (non-hydrogen) atoms. The van der Waals surface area contributed by atoms with Crippen molar-refractivity contribution in [3.05, 3.63) is 12.2 Å². The van der Waals surface area contributed by atoms with E-state index in [0.29, 0.717) is 6.42 Å². The summed E-state index contributed by atoms with van der Waals surface area (Å²) >= 11 is 0. The van der Waals surface area contributed by atoms with Crippen LogP contribution in [0, 0.1) is 0 Å². The minimum atomic E-state index is -4.65. The van der Waals surface area contributed by atoms with Crippen molar-refractivity contribution in [3.63, 3.8) is 0 Å². The number of carbonyl (C=O) groups is 1. The van der Waals surface area contributed by atoms with Crippen LogP contribution < -0.4 is 5.32 Å². The number of allylic oxidation sites excluding steroid dienone is 1. The van der Waals surface area contributed by atoms with E-state index in [1.54, 1.807) is 6.08 Å². The van der Waals surface area contributed by atoms with Crippen molar-refractivity contribution in [2.45, 2.75) is 77.4 Å². The highest BCUT2D eigenvalue weighted by Crippen LogP contribution is 2.35. The number of amides is 1. The average molecular weight is 365 g/mol. The van der Waals surface area contributed by atoms with Gasteiger partial charge in [0.15, 0.2) is 0 Å². The summed E-state index contributed by atoms with van der Waals surface area (Å²) in [5, 5.41) is 12.7. The van der Waals surface area contributed by atoms with Gasteiger partial charge in [0, 0.05) is 6.42 Å². The van der Waals surface area contributed by atoms with E-state index in [1.807, 2.05) is 6.92 Å². The molecule has 0 aromatic rings. The predicted octanol–water partition coefficient (Wildman–Crippen LogP) is 2.66. The van der Waals surface area contributed by atoms with Crippen LogP contribution in [0.3, 0.4) is 0 Å². The van der Waals surface area contributed by atoms with E-state index in [4.69, 9.17) is 9.79 Å². The summed E-state index contributed by atoms with van der Waals surface area (Å²) in [6.45, 7) is 3.65. The van der Waals surface area contributed by atoms with Crippen LogP contribution in [0.25, 0.3) is 0 Å².